The van der Waals surface area contributed by atoms with Crippen molar-refractivity contribution in [1.29, 1.82) is 0 Å². The van der Waals surface area contributed by atoms with Gasteiger partial charge in [-0.3, -0.25) is 14.4 Å². The average molecular weight is 310 g/mol. The first-order valence-corrected chi connectivity index (χ1v) is 6.65. The summed E-state index contributed by atoms with van der Waals surface area (Å²) < 4.78 is 40.1. The van der Waals surface area contributed by atoms with E-state index in [4.69, 9.17) is 0 Å². The Morgan fingerprint density at radius 2 is 1.29 bits per heavy atom. The van der Waals surface area contributed by atoms with Gasteiger partial charge < -0.3 is 14.2 Å². The Kier molecular flexibility index (Phi) is 9.23. The molecule has 0 aliphatic heterocycles. The second-order valence-electron chi connectivity index (χ2n) is 3.99. The van der Waals surface area contributed by atoms with Crippen LogP contribution in [-0.2, 0) is 28.6 Å². The second kappa shape index (κ2) is 10.1. The van der Waals surface area contributed by atoms with Gasteiger partial charge in [-0.15, -0.1) is 0 Å². The van der Waals surface area contributed by atoms with Crippen LogP contribution in [0.2, 0.25) is 0 Å². The third kappa shape index (κ3) is 6.50. The number of carbonyl (C=O) groups excluding carboxylic acids is 3. The molecule has 0 N–H and O–H groups in total. The van der Waals surface area contributed by atoms with Crippen LogP contribution >= 0.6 is 0 Å². The Balaban J connectivity index is 5.22. The molecule has 122 valence electrons. The number of halogens is 2. The number of carbonyl (C=O) groups is 3. The molecule has 0 aromatic rings. The molecule has 0 bridgehead atoms. The molecule has 0 aromatic heterocycles. The molecule has 1 atom stereocenters. The van der Waals surface area contributed by atoms with E-state index in [0.717, 1.165) is 0 Å². The molecule has 8 heteroatoms. The van der Waals surface area contributed by atoms with Crippen LogP contribution in [0.4, 0.5) is 8.78 Å². The van der Waals surface area contributed by atoms with Crippen LogP contribution in [0.15, 0.2) is 0 Å². The topological polar surface area (TPSA) is 78.9 Å². The zero-order valence-corrected chi connectivity index (χ0v) is 12.3. The first-order valence-electron chi connectivity index (χ1n) is 6.65. The Labute approximate surface area is 121 Å². The fraction of sp³-hybridized carbons (Fsp3) is 0.769. The van der Waals surface area contributed by atoms with Crippen LogP contribution in [0, 0.1) is 11.8 Å². The fourth-order valence-corrected chi connectivity index (χ4v) is 1.67. The highest BCUT2D eigenvalue weighted by molar-refractivity contribution is 5.95. The first-order chi connectivity index (χ1) is 9.88. The van der Waals surface area contributed by atoms with E-state index in [1.54, 1.807) is 0 Å². The highest BCUT2D eigenvalue weighted by Gasteiger charge is 2.43. The van der Waals surface area contributed by atoms with Gasteiger partial charge in [-0.2, -0.15) is 0 Å². The predicted octanol–water partition coefficient (Wildman–Crippen LogP) is 1.56. The SMILES string of the molecule is CCOC(=O)CC(C(F)F)C(C(=O)OCC)C(=O)OCC. The van der Waals surface area contributed by atoms with Gasteiger partial charge in [0.25, 0.3) is 0 Å². The normalized spacial score (nSPS) is 12.1. The Morgan fingerprint density at radius 3 is 1.62 bits per heavy atom. The average Bonchev–Trinajstić information content (AvgIpc) is 2.38. The van der Waals surface area contributed by atoms with E-state index >= 15 is 0 Å². The predicted molar refractivity (Wildman–Crippen MR) is 67.5 cm³/mol. The van der Waals surface area contributed by atoms with E-state index in [1.807, 2.05) is 0 Å². The maximum atomic E-state index is 13.1. The zero-order chi connectivity index (χ0) is 16.4. The summed E-state index contributed by atoms with van der Waals surface area (Å²) in [5, 5.41) is 0. The van der Waals surface area contributed by atoms with Crippen molar-refractivity contribution >= 4 is 17.9 Å². The van der Waals surface area contributed by atoms with E-state index in [1.165, 1.54) is 20.8 Å². The number of esters is 3. The van der Waals surface area contributed by atoms with Crippen molar-refractivity contribution in [2.75, 3.05) is 19.8 Å². The molecule has 0 aliphatic rings. The quantitative estimate of drug-likeness (QED) is 0.365. The number of alkyl halides is 2. The maximum Gasteiger partial charge on any atom is 0.320 e. The Hall–Kier alpha value is -1.73. The highest BCUT2D eigenvalue weighted by atomic mass is 19.3. The van der Waals surface area contributed by atoms with E-state index in [9.17, 15) is 23.2 Å². The van der Waals surface area contributed by atoms with Crippen LogP contribution in [0.1, 0.15) is 27.2 Å². The van der Waals surface area contributed by atoms with Crippen LogP contribution in [0.5, 0.6) is 0 Å². The number of hydrogen-bond donors (Lipinski definition) is 0. The molecule has 0 saturated carbocycles. The van der Waals surface area contributed by atoms with Crippen molar-refractivity contribution in [3.63, 3.8) is 0 Å². The van der Waals surface area contributed by atoms with Crippen LogP contribution in [-0.4, -0.2) is 44.2 Å². The molecular weight excluding hydrogens is 290 g/mol. The summed E-state index contributed by atoms with van der Waals surface area (Å²) >= 11 is 0. The van der Waals surface area contributed by atoms with Gasteiger partial charge in [0, 0.05) is 0 Å². The van der Waals surface area contributed by atoms with Gasteiger partial charge in [0.1, 0.15) is 0 Å². The molecular formula is C13H20F2O6. The summed E-state index contributed by atoms with van der Waals surface area (Å²) in [6.07, 6.45) is -3.85. The zero-order valence-electron chi connectivity index (χ0n) is 12.3. The van der Waals surface area contributed by atoms with E-state index in [-0.39, 0.29) is 19.8 Å². The molecule has 0 heterocycles. The lowest BCUT2D eigenvalue weighted by Crippen LogP contribution is -2.39. The second-order valence-corrected chi connectivity index (χ2v) is 3.99. The Morgan fingerprint density at radius 1 is 0.857 bits per heavy atom. The molecule has 0 spiro atoms. The van der Waals surface area contributed by atoms with Crippen molar-refractivity contribution in [3.8, 4) is 0 Å². The van der Waals surface area contributed by atoms with Gasteiger partial charge >= 0.3 is 17.9 Å². The molecule has 0 radical (unpaired) electrons. The fourth-order valence-electron chi connectivity index (χ4n) is 1.67. The first kappa shape index (κ1) is 19.3. The van der Waals surface area contributed by atoms with Crippen molar-refractivity contribution in [1.82, 2.24) is 0 Å². The van der Waals surface area contributed by atoms with Gasteiger partial charge in [-0.25, -0.2) is 8.78 Å². The number of hydrogen-bond acceptors (Lipinski definition) is 6. The van der Waals surface area contributed by atoms with Gasteiger partial charge in [0.05, 0.1) is 32.2 Å². The van der Waals surface area contributed by atoms with Crippen LogP contribution in [0.25, 0.3) is 0 Å². The van der Waals surface area contributed by atoms with Crippen molar-refractivity contribution in [2.24, 2.45) is 11.8 Å². The van der Waals surface area contributed by atoms with E-state index < -0.39 is 42.6 Å². The van der Waals surface area contributed by atoms with E-state index in [0.29, 0.717) is 0 Å². The third-order valence-corrected chi connectivity index (χ3v) is 2.54. The molecule has 6 nitrogen and oxygen atoms in total. The molecule has 0 rings (SSSR count). The minimum atomic E-state index is -3.08. The summed E-state index contributed by atoms with van der Waals surface area (Å²) in [5.41, 5.74) is 0. The Bertz CT molecular complexity index is 341. The van der Waals surface area contributed by atoms with Crippen LogP contribution in [0.3, 0.4) is 0 Å². The minimum absolute atomic E-state index is 0.0122. The summed E-state index contributed by atoms with van der Waals surface area (Å²) in [4.78, 5) is 34.8. The lowest BCUT2D eigenvalue weighted by Gasteiger charge is -2.22. The molecule has 21 heavy (non-hydrogen) atoms. The molecule has 1 unspecified atom stereocenters. The van der Waals surface area contributed by atoms with Gasteiger partial charge in [0.15, 0.2) is 5.92 Å². The molecule has 0 saturated heterocycles. The standard InChI is InChI=1S/C13H20F2O6/c1-4-19-9(16)7-8(11(14)15)10(12(17)20-5-2)13(18)21-6-3/h8,10-11H,4-7H2,1-3H3. The summed E-state index contributed by atoms with van der Waals surface area (Å²) in [6.45, 7) is 4.32. The lowest BCUT2D eigenvalue weighted by atomic mass is 9.89. The maximum absolute atomic E-state index is 13.1. The molecule has 0 aromatic carbocycles. The monoisotopic (exact) mass is 310 g/mol. The minimum Gasteiger partial charge on any atom is -0.466 e. The molecule has 0 aliphatic carbocycles. The number of rotatable bonds is 9. The summed E-state index contributed by atoms with van der Waals surface area (Å²) in [7, 11) is 0. The van der Waals surface area contributed by atoms with Crippen molar-refractivity contribution in [3.05, 3.63) is 0 Å². The molecule has 0 fully saturated rings. The van der Waals surface area contributed by atoms with Crippen LogP contribution < -0.4 is 0 Å². The summed E-state index contributed by atoms with van der Waals surface area (Å²) in [5.74, 6) is -6.88. The van der Waals surface area contributed by atoms with Crippen molar-refractivity contribution < 1.29 is 37.4 Å². The third-order valence-electron chi connectivity index (χ3n) is 2.54. The van der Waals surface area contributed by atoms with Gasteiger partial charge in [0.2, 0.25) is 6.43 Å². The van der Waals surface area contributed by atoms with Gasteiger partial charge in [-0.05, 0) is 20.8 Å². The molecule has 0 amide bonds. The number of ether oxygens (including phenoxy) is 3. The summed E-state index contributed by atoms with van der Waals surface area (Å²) in [6, 6.07) is 0. The van der Waals surface area contributed by atoms with Gasteiger partial charge in [-0.1, -0.05) is 0 Å². The largest absolute Gasteiger partial charge is 0.466 e. The van der Waals surface area contributed by atoms with E-state index in [2.05, 4.69) is 14.2 Å². The highest BCUT2D eigenvalue weighted by Crippen LogP contribution is 2.27. The lowest BCUT2D eigenvalue weighted by molar-refractivity contribution is -0.169. The van der Waals surface area contributed by atoms with Crippen molar-refractivity contribution in [2.45, 2.75) is 33.6 Å². The smallest absolute Gasteiger partial charge is 0.320 e.